The van der Waals surface area contributed by atoms with Crippen LogP contribution in [0.2, 0.25) is 0 Å². The first-order valence-electron chi connectivity index (χ1n) is 11.0. The lowest BCUT2D eigenvalue weighted by atomic mass is 10.0. The maximum atomic E-state index is 14.2. The zero-order chi connectivity index (χ0) is 23.2. The highest BCUT2D eigenvalue weighted by Crippen LogP contribution is 2.34. The molecule has 0 bridgehead atoms. The summed E-state index contributed by atoms with van der Waals surface area (Å²) in [6, 6.07) is 12.3. The minimum atomic E-state index is -0.426. The molecule has 1 aromatic heterocycles. The highest BCUT2D eigenvalue weighted by atomic mass is 19.1. The van der Waals surface area contributed by atoms with Crippen LogP contribution in [0, 0.1) is 5.82 Å². The molecule has 3 aromatic rings. The van der Waals surface area contributed by atoms with Crippen LogP contribution in [0.1, 0.15) is 24.8 Å². The minimum Gasteiger partial charge on any atom is -0.495 e. The lowest BCUT2D eigenvalue weighted by Gasteiger charge is -2.30. The number of hydrogen-bond acceptors (Lipinski definition) is 6. The van der Waals surface area contributed by atoms with Crippen molar-refractivity contribution in [3.63, 3.8) is 0 Å². The summed E-state index contributed by atoms with van der Waals surface area (Å²) >= 11 is 0. The first-order valence-corrected chi connectivity index (χ1v) is 11.0. The lowest BCUT2D eigenvalue weighted by Crippen LogP contribution is -2.29. The Labute approximate surface area is 193 Å². The molecule has 1 saturated heterocycles. The Balaban J connectivity index is 1.58. The Morgan fingerprint density at radius 1 is 1.18 bits per heavy atom. The van der Waals surface area contributed by atoms with Crippen LogP contribution in [0.3, 0.4) is 0 Å². The van der Waals surface area contributed by atoms with E-state index in [2.05, 4.69) is 32.8 Å². The molecule has 1 N–H and O–H groups in total. The number of nitrogens with zero attached hydrogens (tertiary/aromatic N) is 3. The number of halogens is 1. The summed E-state index contributed by atoms with van der Waals surface area (Å²) in [4.78, 5) is 23.0. The van der Waals surface area contributed by atoms with Gasteiger partial charge in [-0.1, -0.05) is 6.58 Å². The van der Waals surface area contributed by atoms with Gasteiger partial charge >= 0.3 is 0 Å². The summed E-state index contributed by atoms with van der Waals surface area (Å²) in [6.45, 7) is 5.47. The third-order valence-electron chi connectivity index (χ3n) is 5.72. The van der Waals surface area contributed by atoms with Crippen LogP contribution < -0.4 is 15.0 Å². The fraction of sp³-hybridized carbons (Fsp3) is 0.269. The third-order valence-corrected chi connectivity index (χ3v) is 5.72. The van der Waals surface area contributed by atoms with Crippen LogP contribution in [0.5, 0.6) is 5.75 Å². The molecule has 0 spiro atoms. The van der Waals surface area contributed by atoms with Crippen LogP contribution in [0.4, 0.5) is 21.7 Å². The van der Waals surface area contributed by atoms with Crippen molar-refractivity contribution in [2.45, 2.75) is 25.7 Å². The second-order valence-corrected chi connectivity index (χ2v) is 7.98. The summed E-state index contributed by atoms with van der Waals surface area (Å²) in [7, 11) is 1.68. The number of carbonyl (C=O) groups is 1. The zero-order valence-electron chi connectivity index (χ0n) is 18.7. The number of allylic oxidation sites excluding steroid dienone is 1. The number of ketones is 1. The van der Waals surface area contributed by atoms with Crippen molar-refractivity contribution in [1.82, 2.24) is 9.97 Å². The van der Waals surface area contributed by atoms with Crippen LogP contribution in [-0.4, -0.2) is 36.0 Å². The average Bonchev–Trinajstić information content (AvgIpc) is 2.86. The molecule has 0 radical (unpaired) electrons. The molecular formula is C26H27FN4O2. The number of carbonyl (C=O) groups excluding carboxylic acids is 1. The fourth-order valence-corrected chi connectivity index (χ4v) is 3.99. The molecule has 1 fully saturated rings. The van der Waals surface area contributed by atoms with Gasteiger partial charge in [0.2, 0.25) is 5.95 Å². The number of ether oxygens (including phenoxy) is 1. The number of piperidine rings is 1. The van der Waals surface area contributed by atoms with Crippen molar-refractivity contribution in [2.75, 3.05) is 30.4 Å². The van der Waals surface area contributed by atoms with Gasteiger partial charge in [-0.25, -0.2) is 14.4 Å². The topological polar surface area (TPSA) is 67.3 Å². The van der Waals surface area contributed by atoms with Crippen molar-refractivity contribution in [2.24, 2.45) is 0 Å². The van der Waals surface area contributed by atoms with Crippen molar-refractivity contribution < 1.29 is 13.9 Å². The first-order chi connectivity index (χ1) is 16.1. The van der Waals surface area contributed by atoms with Gasteiger partial charge in [0, 0.05) is 37.0 Å². The van der Waals surface area contributed by atoms with E-state index >= 15 is 0 Å². The Morgan fingerprint density at radius 3 is 2.76 bits per heavy atom. The second-order valence-electron chi connectivity index (χ2n) is 7.98. The molecule has 1 aliphatic rings. The smallest absolute Gasteiger partial charge is 0.227 e. The summed E-state index contributed by atoms with van der Waals surface area (Å²) in [6.07, 6.45) is 6.41. The number of aromatic nitrogens is 2. The van der Waals surface area contributed by atoms with Crippen molar-refractivity contribution >= 4 is 23.1 Å². The van der Waals surface area contributed by atoms with Crippen LogP contribution in [0.25, 0.3) is 11.3 Å². The van der Waals surface area contributed by atoms with Gasteiger partial charge in [-0.05, 0) is 73.4 Å². The molecule has 170 valence electrons. The second kappa shape index (κ2) is 10.3. The van der Waals surface area contributed by atoms with E-state index in [0.29, 0.717) is 22.8 Å². The first kappa shape index (κ1) is 22.5. The van der Waals surface area contributed by atoms with Crippen LogP contribution in [-0.2, 0) is 11.2 Å². The molecule has 6 nitrogen and oxygen atoms in total. The molecule has 2 heterocycles. The predicted octanol–water partition coefficient (Wildman–Crippen LogP) is 5.32. The van der Waals surface area contributed by atoms with Crippen LogP contribution in [0.15, 0.2) is 61.3 Å². The number of hydrogen-bond donors (Lipinski definition) is 1. The average molecular weight is 447 g/mol. The van der Waals surface area contributed by atoms with E-state index in [1.54, 1.807) is 31.5 Å². The molecule has 1 aliphatic heterocycles. The van der Waals surface area contributed by atoms with Gasteiger partial charge in [0.1, 0.15) is 11.6 Å². The SMILES string of the molecule is C=CC(=O)Cc1cc(-c2ccnc(Nc3ccc(OC)c(N4CCCCC4)c3)n2)ccc1F. The van der Waals surface area contributed by atoms with E-state index in [1.807, 2.05) is 12.1 Å². The van der Waals surface area contributed by atoms with E-state index in [-0.39, 0.29) is 12.2 Å². The molecule has 4 rings (SSSR count). The Kier molecular flexibility index (Phi) is 6.98. The molecule has 33 heavy (non-hydrogen) atoms. The fourth-order valence-electron chi connectivity index (χ4n) is 3.99. The summed E-state index contributed by atoms with van der Waals surface area (Å²) in [5.74, 6) is 0.602. The molecule has 0 saturated carbocycles. The molecule has 0 unspecified atom stereocenters. The van der Waals surface area contributed by atoms with Gasteiger partial charge in [0.15, 0.2) is 5.78 Å². The van der Waals surface area contributed by atoms with Gasteiger partial charge in [-0.3, -0.25) is 4.79 Å². The molecule has 7 heteroatoms. The maximum Gasteiger partial charge on any atom is 0.227 e. The van der Waals surface area contributed by atoms with Crippen LogP contribution >= 0.6 is 0 Å². The molecule has 0 aliphatic carbocycles. The summed E-state index contributed by atoms with van der Waals surface area (Å²) in [5.41, 5.74) is 3.55. The monoisotopic (exact) mass is 446 g/mol. The van der Waals surface area contributed by atoms with E-state index in [4.69, 9.17) is 4.74 Å². The van der Waals surface area contributed by atoms with E-state index in [1.165, 1.54) is 31.4 Å². The quantitative estimate of drug-likeness (QED) is 0.472. The predicted molar refractivity (Wildman–Crippen MR) is 129 cm³/mol. The zero-order valence-corrected chi connectivity index (χ0v) is 18.7. The van der Waals surface area contributed by atoms with E-state index < -0.39 is 5.82 Å². The third kappa shape index (κ3) is 5.37. The standard InChI is InChI=1S/C26H27FN4O2/c1-3-21(32)16-19-15-18(7-9-22(19)27)23-11-12-28-26(30-23)29-20-8-10-25(33-2)24(17-20)31-13-5-4-6-14-31/h3,7-12,15,17H,1,4-6,13-14,16H2,2H3,(H,28,29,30). The van der Waals surface area contributed by atoms with Gasteiger partial charge in [0.05, 0.1) is 18.5 Å². The van der Waals surface area contributed by atoms with Gasteiger partial charge in [-0.2, -0.15) is 0 Å². The van der Waals surface area contributed by atoms with Crippen molar-refractivity contribution in [1.29, 1.82) is 0 Å². The lowest BCUT2D eigenvalue weighted by molar-refractivity contribution is -0.114. The summed E-state index contributed by atoms with van der Waals surface area (Å²) < 4.78 is 19.7. The number of anilines is 3. The van der Waals surface area contributed by atoms with Crippen molar-refractivity contribution in [3.8, 4) is 17.0 Å². The largest absolute Gasteiger partial charge is 0.495 e. The minimum absolute atomic E-state index is 0.0372. The molecule has 2 aromatic carbocycles. The molecule has 0 atom stereocenters. The van der Waals surface area contributed by atoms with Gasteiger partial charge in [0.25, 0.3) is 0 Å². The molecule has 0 amide bonds. The number of methoxy groups -OCH3 is 1. The number of nitrogens with one attached hydrogen (secondary N) is 1. The van der Waals surface area contributed by atoms with E-state index in [9.17, 15) is 9.18 Å². The highest BCUT2D eigenvalue weighted by molar-refractivity contribution is 5.91. The highest BCUT2D eigenvalue weighted by Gasteiger charge is 2.16. The Bertz CT molecular complexity index is 1160. The Morgan fingerprint density at radius 2 is 2.00 bits per heavy atom. The normalized spacial score (nSPS) is 13.5. The van der Waals surface area contributed by atoms with Crippen molar-refractivity contribution in [3.05, 3.63) is 72.7 Å². The molecular weight excluding hydrogens is 419 g/mol. The van der Waals surface area contributed by atoms with E-state index in [0.717, 1.165) is 30.2 Å². The Hall–Kier alpha value is -3.74. The summed E-state index contributed by atoms with van der Waals surface area (Å²) in [5, 5.41) is 3.27. The van der Waals surface area contributed by atoms with Gasteiger partial charge in [-0.15, -0.1) is 0 Å². The van der Waals surface area contributed by atoms with Gasteiger partial charge < -0.3 is 15.0 Å². The number of benzene rings is 2. The maximum absolute atomic E-state index is 14.2. The number of rotatable bonds is 8.